The van der Waals surface area contributed by atoms with Crippen LogP contribution in [0.2, 0.25) is 0 Å². The number of benzene rings is 1. The fraction of sp³-hybridized carbons (Fsp3) is 0.474. The van der Waals surface area contributed by atoms with Crippen molar-refractivity contribution in [1.82, 2.24) is 14.9 Å². The smallest absolute Gasteiger partial charge is 0.251 e. The van der Waals surface area contributed by atoms with Gasteiger partial charge in [-0.1, -0.05) is 0 Å². The molecule has 0 saturated carbocycles. The highest BCUT2D eigenvalue weighted by Crippen LogP contribution is 2.22. The summed E-state index contributed by atoms with van der Waals surface area (Å²) in [6, 6.07) is 5.77. The summed E-state index contributed by atoms with van der Waals surface area (Å²) in [5.74, 6) is 1.05. The molecule has 2 N–H and O–H groups in total. The van der Waals surface area contributed by atoms with Gasteiger partial charge in [-0.15, -0.1) is 0 Å². The highest BCUT2D eigenvalue weighted by atomic mass is 16.1. The van der Waals surface area contributed by atoms with E-state index in [-0.39, 0.29) is 5.91 Å². The molecular weight excluding hydrogens is 300 g/mol. The van der Waals surface area contributed by atoms with Crippen LogP contribution in [-0.2, 0) is 26.4 Å². The predicted molar refractivity (Wildman–Crippen MR) is 96.4 cm³/mol. The SMILES string of the molecule is CCNC(=O)c1ccc(NCc2nc3c(n2C)CCCC3)c(C)c1. The number of nitrogens with one attached hydrogen (secondary N) is 2. The molecule has 2 aromatic rings. The normalized spacial score (nSPS) is 13.5. The molecule has 5 nitrogen and oxygen atoms in total. The third-order valence-corrected chi connectivity index (χ3v) is 4.73. The highest BCUT2D eigenvalue weighted by Gasteiger charge is 2.17. The van der Waals surface area contributed by atoms with Gasteiger partial charge in [-0.2, -0.15) is 0 Å². The Labute approximate surface area is 143 Å². The van der Waals surface area contributed by atoms with E-state index in [1.807, 2.05) is 32.0 Å². The molecule has 1 aliphatic rings. The van der Waals surface area contributed by atoms with Crippen molar-refractivity contribution in [2.45, 2.75) is 46.1 Å². The summed E-state index contributed by atoms with van der Waals surface area (Å²) in [4.78, 5) is 16.7. The predicted octanol–water partition coefficient (Wildman–Crippen LogP) is 2.97. The number of aromatic nitrogens is 2. The largest absolute Gasteiger partial charge is 0.378 e. The molecule has 0 bridgehead atoms. The van der Waals surface area contributed by atoms with Crippen molar-refractivity contribution in [3.63, 3.8) is 0 Å². The number of amides is 1. The number of rotatable bonds is 5. The second kappa shape index (κ2) is 7.07. The Morgan fingerprint density at radius 1 is 1.29 bits per heavy atom. The zero-order valence-electron chi connectivity index (χ0n) is 14.8. The molecule has 1 aromatic heterocycles. The van der Waals surface area contributed by atoms with Crippen molar-refractivity contribution < 1.29 is 4.79 Å². The van der Waals surface area contributed by atoms with Crippen LogP contribution in [0.4, 0.5) is 5.69 Å². The van der Waals surface area contributed by atoms with Crippen molar-refractivity contribution >= 4 is 11.6 Å². The molecule has 24 heavy (non-hydrogen) atoms. The Kier molecular flexibility index (Phi) is 4.88. The second-order valence-electron chi connectivity index (χ2n) is 6.43. The van der Waals surface area contributed by atoms with E-state index in [0.29, 0.717) is 18.7 Å². The average Bonchev–Trinajstić information content (AvgIpc) is 2.90. The maximum absolute atomic E-state index is 11.9. The lowest BCUT2D eigenvalue weighted by molar-refractivity contribution is 0.0956. The fourth-order valence-corrected chi connectivity index (χ4v) is 3.34. The van der Waals surface area contributed by atoms with Gasteiger partial charge in [0.15, 0.2) is 0 Å². The number of aryl methyl sites for hydroxylation is 2. The van der Waals surface area contributed by atoms with Crippen LogP contribution in [-0.4, -0.2) is 22.0 Å². The van der Waals surface area contributed by atoms with E-state index in [0.717, 1.165) is 29.9 Å². The van der Waals surface area contributed by atoms with Gasteiger partial charge in [-0.3, -0.25) is 4.79 Å². The number of carbonyl (C=O) groups is 1. The first-order valence-electron chi connectivity index (χ1n) is 8.76. The molecule has 0 saturated heterocycles. The van der Waals surface area contributed by atoms with E-state index in [4.69, 9.17) is 4.98 Å². The maximum atomic E-state index is 11.9. The molecule has 0 aliphatic heterocycles. The summed E-state index contributed by atoms with van der Waals surface area (Å²) in [6.07, 6.45) is 4.75. The highest BCUT2D eigenvalue weighted by molar-refractivity contribution is 5.94. The van der Waals surface area contributed by atoms with Crippen molar-refractivity contribution in [1.29, 1.82) is 0 Å². The molecule has 0 spiro atoms. The van der Waals surface area contributed by atoms with E-state index < -0.39 is 0 Å². The average molecular weight is 326 g/mol. The first-order valence-corrected chi connectivity index (χ1v) is 8.76. The zero-order chi connectivity index (χ0) is 17.1. The Hall–Kier alpha value is -2.30. The van der Waals surface area contributed by atoms with Gasteiger partial charge in [0.05, 0.1) is 12.2 Å². The van der Waals surface area contributed by atoms with Gasteiger partial charge in [0.1, 0.15) is 5.82 Å². The Morgan fingerprint density at radius 2 is 2.08 bits per heavy atom. The molecule has 1 heterocycles. The molecule has 0 radical (unpaired) electrons. The summed E-state index contributed by atoms with van der Waals surface area (Å²) in [5.41, 5.74) is 5.47. The van der Waals surface area contributed by atoms with Gasteiger partial charge < -0.3 is 15.2 Å². The quantitative estimate of drug-likeness (QED) is 0.888. The third-order valence-electron chi connectivity index (χ3n) is 4.73. The van der Waals surface area contributed by atoms with Crippen LogP contribution in [0, 0.1) is 6.92 Å². The maximum Gasteiger partial charge on any atom is 0.251 e. The number of imidazole rings is 1. The van der Waals surface area contributed by atoms with Crippen LogP contribution < -0.4 is 10.6 Å². The first kappa shape index (κ1) is 16.6. The summed E-state index contributed by atoms with van der Waals surface area (Å²) >= 11 is 0. The van der Waals surface area contributed by atoms with E-state index in [2.05, 4.69) is 22.2 Å². The van der Waals surface area contributed by atoms with Gasteiger partial charge in [0.2, 0.25) is 0 Å². The molecule has 1 aliphatic carbocycles. The lowest BCUT2D eigenvalue weighted by Crippen LogP contribution is -2.22. The number of fused-ring (bicyclic) bond motifs is 1. The van der Waals surface area contributed by atoms with Crippen molar-refractivity contribution in [2.75, 3.05) is 11.9 Å². The Bertz CT molecular complexity index is 748. The van der Waals surface area contributed by atoms with Crippen molar-refractivity contribution in [2.24, 2.45) is 7.05 Å². The summed E-state index contributed by atoms with van der Waals surface area (Å²) in [7, 11) is 2.11. The monoisotopic (exact) mass is 326 g/mol. The van der Waals surface area contributed by atoms with Gasteiger partial charge in [-0.25, -0.2) is 4.98 Å². The number of hydrogen-bond acceptors (Lipinski definition) is 3. The van der Waals surface area contributed by atoms with Gasteiger partial charge in [-0.05, 0) is 63.3 Å². The fourth-order valence-electron chi connectivity index (χ4n) is 3.34. The van der Waals surface area contributed by atoms with Crippen LogP contribution in [0.3, 0.4) is 0 Å². The lowest BCUT2D eigenvalue weighted by Gasteiger charge is -2.13. The van der Waals surface area contributed by atoms with Crippen LogP contribution >= 0.6 is 0 Å². The van der Waals surface area contributed by atoms with Crippen molar-refractivity contribution in [3.8, 4) is 0 Å². The minimum atomic E-state index is -0.0241. The van der Waals surface area contributed by atoms with Crippen LogP contribution in [0.1, 0.15) is 52.9 Å². The molecule has 128 valence electrons. The minimum absolute atomic E-state index is 0.0241. The molecule has 1 aromatic carbocycles. The molecule has 0 unspecified atom stereocenters. The number of carbonyl (C=O) groups excluding carboxylic acids is 1. The lowest BCUT2D eigenvalue weighted by atomic mass is 10.0. The van der Waals surface area contributed by atoms with E-state index >= 15 is 0 Å². The molecule has 3 rings (SSSR count). The summed E-state index contributed by atoms with van der Waals surface area (Å²) in [5, 5.41) is 6.29. The van der Waals surface area contributed by atoms with E-state index in [9.17, 15) is 4.79 Å². The molecular formula is C19H26N4O. The first-order chi connectivity index (χ1) is 11.6. The van der Waals surface area contributed by atoms with Gasteiger partial charge >= 0.3 is 0 Å². The topological polar surface area (TPSA) is 59.0 Å². The number of anilines is 1. The third kappa shape index (κ3) is 3.30. The van der Waals surface area contributed by atoms with Gasteiger partial charge in [0, 0.05) is 30.5 Å². The Balaban J connectivity index is 1.71. The van der Waals surface area contributed by atoms with Gasteiger partial charge in [0.25, 0.3) is 5.91 Å². The molecule has 0 atom stereocenters. The van der Waals surface area contributed by atoms with Crippen LogP contribution in [0.5, 0.6) is 0 Å². The molecule has 5 heteroatoms. The van der Waals surface area contributed by atoms with E-state index in [1.165, 1.54) is 24.2 Å². The van der Waals surface area contributed by atoms with Crippen molar-refractivity contribution in [3.05, 3.63) is 46.5 Å². The van der Waals surface area contributed by atoms with Crippen LogP contribution in [0.15, 0.2) is 18.2 Å². The summed E-state index contributed by atoms with van der Waals surface area (Å²) < 4.78 is 2.24. The number of hydrogen-bond donors (Lipinski definition) is 2. The van der Waals surface area contributed by atoms with E-state index in [1.54, 1.807) is 0 Å². The molecule has 0 fully saturated rings. The molecule has 1 amide bonds. The zero-order valence-corrected chi connectivity index (χ0v) is 14.8. The van der Waals surface area contributed by atoms with Crippen LogP contribution in [0.25, 0.3) is 0 Å². The summed E-state index contributed by atoms with van der Waals surface area (Å²) in [6.45, 7) is 5.29. The second-order valence-corrected chi connectivity index (χ2v) is 6.43. The number of nitrogens with zero attached hydrogens (tertiary/aromatic N) is 2. The standard InChI is InChI=1S/C19H26N4O/c1-4-20-19(24)14-9-10-15(13(2)11-14)21-12-18-22-16-7-5-6-8-17(16)23(18)3/h9-11,21H,4-8,12H2,1-3H3,(H,20,24). The Morgan fingerprint density at radius 3 is 2.79 bits per heavy atom. The minimum Gasteiger partial charge on any atom is -0.378 e.